The molecule has 0 heterocycles. The summed E-state index contributed by atoms with van der Waals surface area (Å²) in [5, 5.41) is 2.60. The van der Waals surface area contributed by atoms with Crippen LogP contribution in [0.15, 0.2) is 40.9 Å². The summed E-state index contributed by atoms with van der Waals surface area (Å²) in [5.41, 5.74) is 1.61. The van der Waals surface area contributed by atoms with E-state index in [1.807, 2.05) is 0 Å². The zero-order chi connectivity index (χ0) is 11.1. The summed E-state index contributed by atoms with van der Waals surface area (Å²) in [6.45, 7) is 6.73. The van der Waals surface area contributed by atoms with Crippen molar-refractivity contribution in [1.29, 1.82) is 0 Å². The maximum absolute atomic E-state index is 3.49. The second kappa shape index (κ2) is 3.64. The molecule has 0 aliphatic carbocycles. The fraction of sp³-hybridized carbons (Fsp3) is 0.286. The summed E-state index contributed by atoms with van der Waals surface area (Å²) in [6, 6.07) is 13.1. The second-order valence-corrected chi connectivity index (χ2v) is 5.87. The van der Waals surface area contributed by atoms with Crippen molar-refractivity contribution >= 4 is 26.7 Å². The van der Waals surface area contributed by atoms with Gasteiger partial charge in [-0.15, -0.1) is 0 Å². The van der Waals surface area contributed by atoms with Gasteiger partial charge in [0.1, 0.15) is 0 Å². The van der Waals surface area contributed by atoms with Crippen molar-refractivity contribution in [2.45, 2.75) is 26.2 Å². The lowest BCUT2D eigenvalue weighted by Gasteiger charge is -2.19. The molecule has 0 atom stereocenters. The van der Waals surface area contributed by atoms with Gasteiger partial charge in [-0.3, -0.25) is 0 Å². The molecule has 0 saturated heterocycles. The summed E-state index contributed by atoms with van der Waals surface area (Å²) >= 11 is 3.49. The first-order valence-electron chi connectivity index (χ1n) is 5.17. The highest BCUT2D eigenvalue weighted by Crippen LogP contribution is 2.27. The monoisotopic (exact) mass is 262 g/mol. The van der Waals surface area contributed by atoms with Crippen molar-refractivity contribution in [3.8, 4) is 0 Å². The van der Waals surface area contributed by atoms with E-state index in [1.165, 1.54) is 16.3 Å². The maximum Gasteiger partial charge on any atom is 0.0181 e. The van der Waals surface area contributed by atoms with E-state index in [-0.39, 0.29) is 5.41 Å². The lowest BCUT2D eigenvalue weighted by molar-refractivity contribution is 0.591. The molecule has 0 aliphatic rings. The minimum atomic E-state index is 0.223. The molecule has 2 aromatic rings. The topological polar surface area (TPSA) is 0 Å². The van der Waals surface area contributed by atoms with Crippen LogP contribution >= 0.6 is 15.9 Å². The largest absolute Gasteiger partial charge is 0.0579 e. The number of hydrogen-bond acceptors (Lipinski definition) is 0. The van der Waals surface area contributed by atoms with Gasteiger partial charge in [0, 0.05) is 4.47 Å². The third-order valence-corrected chi connectivity index (χ3v) is 3.16. The van der Waals surface area contributed by atoms with Gasteiger partial charge in [0.25, 0.3) is 0 Å². The quantitative estimate of drug-likeness (QED) is 0.634. The standard InChI is InChI=1S/C14H15Br/c1-14(2,3)12-6-4-11-9-13(15)7-5-10(11)8-12/h4-9H,1-3H3. The van der Waals surface area contributed by atoms with E-state index in [0.717, 1.165) is 4.47 Å². The first-order valence-corrected chi connectivity index (χ1v) is 5.96. The van der Waals surface area contributed by atoms with Gasteiger partial charge in [-0.25, -0.2) is 0 Å². The van der Waals surface area contributed by atoms with Crippen molar-refractivity contribution in [2.24, 2.45) is 0 Å². The van der Waals surface area contributed by atoms with Gasteiger partial charge in [-0.1, -0.05) is 61.0 Å². The lowest BCUT2D eigenvalue weighted by atomic mass is 9.86. The Bertz CT molecular complexity index is 492. The molecule has 0 bridgehead atoms. The lowest BCUT2D eigenvalue weighted by Crippen LogP contribution is -2.10. The molecule has 15 heavy (non-hydrogen) atoms. The Balaban J connectivity index is 2.62. The van der Waals surface area contributed by atoms with Crippen LogP contribution in [0.4, 0.5) is 0 Å². The van der Waals surface area contributed by atoms with E-state index in [9.17, 15) is 0 Å². The highest BCUT2D eigenvalue weighted by atomic mass is 79.9. The molecule has 1 heteroatoms. The molecule has 0 aliphatic heterocycles. The van der Waals surface area contributed by atoms with Crippen molar-refractivity contribution in [3.05, 3.63) is 46.4 Å². The minimum absolute atomic E-state index is 0.223. The van der Waals surface area contributed by atoms with Crippen LogP contribution in [0.5, 0.6) is 0 Å². The molecule has 0 amide bonds. The molecule has 0 nitrogen and oxygen atoms in total. The molecule has 0 saturated carbocycles. The van der Waals surface area contributed by atoms with Crippen molar-refractivity contribution in [1.82, 2.24) is 0 Å². The summed E-state index contributed by atoms with van der Waals surface area (Å²) in [4.78, 5) is 0. The van der Waals surface area contributed by atoms with Gasteiger partial charge in [0.2, 0.25) is 0 Å². The van der Waals surface area contributed by atoms with Crippen LogP contribution in [0.2, 0.25) is 0 Å². The first kappa shape index (κ1) is 10.7. The third-order valence-electron chi connectivity index (χ3n) is 2.67. The number of halogens is 1. The van der Waals surface area contributed by atoms with Gasteiger partial charge in [-0.2, -0.15) is 0 Å². The van der Waals surface area contributed by atoms with Gasteiger partial charge < -0.3 is 0 Å². The average molecular weight is 263 g/mol. The molecule has 2 rings (SSSR count). The van der Waals surface area contributed by atoms with E-state index in [2.05, 4.69) is 73.1 Å². The Labute approximate surface area is 99.4 Å². The molecule has 2 aromatic carbocycles. The van der Waals surface area contributed by atoms with Crippen molar-refractivity contribution < 1.29 is 0 Å². The predicted molar refractivity (Wildman–Crippen MR) is 70.3 cm³/mol. The smallest absolute Gasteiger partial charge is 0.0181 e. The van der Waals surface area contributed by atoms with Gasteiger partial charge in [0.15, 0.2) is 0 Å². The first-order chi connectivity index (χ1) is 6.97. The average Bonchev–Trinajstić information content (AvgIpc) is 2.15. The minimum Gasteiger partial charge on any atom is -0.0579 e. The van der Waals surface area contributed by atoms with Crippen LogP contribution in [0.25, 0.3) is 10.8 Å². The van der Waals surface area contributed by atoms with E-state index in [1.54, 1.807) is 0 Å². The summed E-state index contributed by atoms with van der Waals surface area (Å²) < 4.78 is 1.14. The summed E-state index contributed by atoms with van der Waals surface area (Å²) in [6.07, 6.45) is 0. The van der Waals surface area contributed by atoms with Crippen LogP contribution in [-0.2, 0) is 5.41 Å². The van der Waals surface area contributed by atoms with Crippen molar-refractivity contribution in [3.63, 3.8) is 0 Å². The van der Waals surface area contributed by atoms with E-state index < -0.39 is 0 Å². The molecule has 78 valence electrons. The molecule has 0 radical (unpaired) electrons. The van der Waals surface area contributed by atoms with Crippen LogP contribution in [-0.4, -0.2) is 0 Å². The molecule has 0 fully saturated rings. The number of benzene rings is 2. The fourth-order valence-corrected chi connectivity index (χ4v) is 2.06. The Morgan fingerprint density at radius 3 is 2.13 bits per heavy atom. The molecular formula is C14H15Br. The highest BCUT2D eigenvalue weighted by molar-refractivity contribution is 9.10. The Morgan fingerprint density at radius 1 is 0.867 bits per heavy atom. The summed E-state index contributed by atoms with van der Waals surface area (Å²) in [7, 11) is 0. The van der Waals surface area contributed by atoms with E-state index in [4.69, 9.17) is 0 Å². The molecule has 0 spiro atoms. The molecule has 0 N–H and O–H groups in total. The number of fused-ring (bicyclic) bond motifs is 1. The summed E-state index contributed by atoms with van der Waals surface area (Å²) in [5.74, 6) is 0. The van der Waals surface area contributed by atoms with E-state index in [0.29, 0.717) is 0 Å². The zero-order valence-corrected chi connectivity index (χ0v) is 10.9. The fourth-order valence-electron chi connectivity index (χ4n) is 1.68. The Morgan fingerprint density at radius 2 is 1.47 bits per heavy atom. The van der Waals surface area contributed by atoms with Gasteiger partial charge >= 0.3 is 0 Å². The third kappa shape index (κ3) is 2.23. The SMILES string of the molecule is CC(C)(C)c1ccc2cc(Br)ccc2c1. The second-order valence-electron chi connectivity index (χ2n) is 4.96. The highest BCUT2D eigenvalue weighted by Gasteiger charge is 2.13. The Kier molecular flexibility index (Phi) is 2.59. The van der Waals surface area contributed by atoms with Crippen LogP contribution < -0.4 is 0 Å². The predicted octanol–water partition coefficient (Wildman–Crippen LogP) is 4.90. The van der Waals surface area contributed by atoms with Gasteiger partial charge in [0.05, 0.1) is 0 Å². The van der Waals surface area contributed by atoms with Crippen molar-refractivity contribution in [2.75, 3.05) is 0 Å². The molecule has 0 aromatic heterocycles. The normalized spacial score (nSPS) is 12.0. The van der Waals surface area contributed by atoms with E-state index >= 15 is 0 Å². The Hall–Kier alpha value is -0.820. The van der Waals surface area contributed by atoms with Crippen LogP contribution in [0.3, 0.4) is 0 Å². The van der Waals surface area contributed by atoms with Crippen LogP contribution in [0, 0.1) is 0 Å². The number of hydrogen-bond donors (Lipinski definition) is 0. The van der Waals surface area contributed by atoms with Gasteiger partial charge in [-0.05, 0) is 33.9 Å². The van der Waals surface area contributed by atoms with Crippen LogP contribution in [0.1, 0.15) is 26.3 Å². The maximum atomic E-state index is 3.49. The molecule has 0 unspecified atom stereocenters. The zero-order valence-electron chi connectivity index (χ0n) is 9.34. The number of rotatable bonds is 0. The molecular weight excluding hydrogens is 248 g/mol.